The fraction of sp³-hybridized carbons (Fsp3) is 0.370. The van der Waals surface area contributed by atoms with Crippen LogP contribution >= 0.6 is 0 Å². The molecule has 0 aliphatic carbocycles. The van der Waals surface area contributed by atoms with E-state index in [1.54, 1.807) is 18.2 Å². The highest BCUT2D eigenvalue weighted by atomic mass is 32.2. The number of benzene rings is 3. The smallest absolute Gasteiger partial charge is 0.254 e. The van der Waals surface area contributed by atoms with Crippen LogP contribution in [0.3, 0.4) is 0 Å². The molecule has 3 aromatic carbocycles. The van der Waals surface area contributed by atoms with Gasteiger partial charge in [0.15, 0.2) is 0 Å². The zero-order valence-corrected chi connectivity index (χ0v) is 20.4. The minimum absolute atomic E-state index is 0.0826. The lowest BCUT2D eigenvalue weighted by Crippen LogP contribution is -2.48. The van der Waals surface area contributed by atoms with E-state index in [0.29, 0.717) is 31.7 Å². The van der Waals surface area contributed by atoms with Gasteiger partial charge < -0.3 is 4.90 Å². The fourth-order valence-electron chi connectivity index (χ4n) is 5.02. The molecule has 2 heterocycles. The van der Waals surface area contributed by atoms with Crippen molar-refractivity contribution in [2.45, 2.75) is 31.2 Å². The largest absolute Gasteiger partial charge is 0.336 e. The molecule has 2 saturated heterocycles. The van der Waals surface area contributed by atoms with E-state index in [9.17, 15) is 13.2 Å². The van der Waals surface area contributed by atoms with Gasteiger partial charge in [0.1, 0.15) is 0 Å². The molecule has 0 N–H and O–H groups in total. The summed E-state index contributed by atoms with van der Waals surface area (Å²) in [6.07, 6.45) is 1.78. The van der Waals surface area contributed by atoms with Crippen LogP contribution in [0.2, 0.25) is 0 Å². The highest BCUT2D eigenvalue weighted by Crippen LogP contribution is 2.25. The summed E-state index contributed by atoms with van der Waals surface area (Å²) in [6.45, 7) is 6.68. The zero-order chi connectivity index (χ0) is 23.7. The second-order valence-electron chi connectivity index (χ2n) is 9.29. The minimum Gasteiger partial charge on any atom is -0.336 e. The van der Waals surface area contributed by atoms with Crippen LogP contribution in [-0.2, 0) is 16.6 Å². The van der Waals surface area contributed by atoms with E-state index in [-0.39, 0.29) is 10.8 Å². The predicted molar refractivity (Wildman–Crippen MR) is 134 cm³/mol. The third-order valence-electron chi connectivity index (χ3n) is 7.08. The van der Waals surface area contributed by atoms with Crippen LogP contribution in [0, 0.1) is 6.92 Å². The number of fused-ring (bicyclic) bond motifs is 1. The zero-order valence-electron chi connectivity index (χ0n) is 19.6. The second kappa shape index (κ2) is 9.49. The van der Waals surface area contributed by atoms with Crippen molar-refractivity contribution >= 4 is 26.7 Å². The maximum Gasteiger partial charge on any atom is 0.254 e. The number of hydrogen-bond donors (Lipinski definition) is 0. The summed E-state index contributed by atoms with van der Waals surface area (Å²) in [4.78, 5) is 17.8. The Kier molecular flexibility index (Phi) is 6.42. The first-order chi connectivity index (χ1) is 16.4. The van der Waals surface area contributed by atoms with Gasteiger partial charge in [-0.1, -0.05) is 48.5 Å². The summed E-state index contributed by atoms with van der Waals surface area (Å²) in [7, 11) is -3.55. The lowest BCUT2D eigenvalue weighted by Gasteiger charge is -2.35. The van der Waals surface area contributed by atoms with E-state index < -0.39 is 10.0 Å². The number of nitrogens with zero attached hydrogens (tertiary/aromatic N) is 3. The number of amides is 1. The van der Waals surface area contributed by atoms with Crippen LogP contribution in [-0.4, -0.2) is 67.7 Å². The van der Waals surface area contributed by atoms with E-state index in [4.69, 9.17) is 0 Å². The second-order valence-corrected chi connectivity index (χ2v) is 11.2. The Labute approximate surface area is 201 Å². The molecule has 2 aliphatic rings. The van der Waals surface area contributed by atoms with E-state index in [2.05, 4.69) is 47.4 Å². The molecular weight excluding hydrogens is 446 g/mol. The lowest BCUT2D eigenvalue weighted by atomic mass is 10.0. The molecule has 0 saturated carbocycles. The topological polar surface area (TPSA) is 60.9 Å². The highest BCUT2D eigenvalue weighted by molar-refractivity contribution is 7.89. The molecule has 0 atom stereocenters. The number of rotatable bonds is 5. The standard InChI is InChI=1S/C27H31N3O3S/c1-21-11-12-24(34(32,33)30-13-4-5-14-30)19-26(21)27(31)29-17-15-28(16-18-29)20-23-9-6-8-22-7-2-3-10-25(22)23/h2-3,6-12,19H,4-5,13-18,20H2,1H3. The monoisotopic (exact) mass is 477 g/mol. The van der Waals surface area contributed by atoms with Crippen LogP contribution in [0.4, 0.5) is 0 Å². The van der Waals surface area contributed by atoms with Gasteiger partial charge in [0.25, 0.3) is 5.91 Å². The van der Waals surface area contributed by atoms with Gasteiger partial charge in [0, 0.05) is 51.4 Å². The molecule has 0 bridgehead atoms. The van der Waals surface area contributed by atoms with Crippen molar-refractivity contribution in [2.24, 2.45) is 0 Å². The molecular formula is C27H31N3O3S. The van der Waals surface area contributed by atoms with Crippen LogP contribution in [0.5, 0.6) is 0 Å². The number of sulfonamides is 1. The Morgan fingerprint density at radius 3 is 2.32 bits per heavy atom. The molecule has 1 amide bonds. The van der Waals surface area contributed by atoms with E-state index in [1.807, 2.05) is 11.8 Å². The average molecular weight is 478 g/mol. The van der Waals surface area contributed by atoms with Crippen molar-refractivity contribution in [1.82, 2.24) is 14.1 Å². The van der Waals surface area contributed by atoms with Crippen LogP contribution in [0.15, 0.2) is 65.6 Å². The van der Waals surface area contributed by atoms with Gasteiger partial charge in [-0.05, 0) is 53.8 Å². The minimum atomic E-state index is -3.55. The summed E-state index contributed by atoms with van der Waals surface area (Å²) in [5.41, 5.74) is 2.60. The summed E-state index contributed by atoms with van der Waals surface area (Å²) in [5.74, 6) is -0.0826. The maximum absolute atomic E-state index is 13.4. The lowest BCUT2D eigenvalue weighted by molar-refractivity contribution is 0.0628. The third kappa shape index (κ3) is 4.48. The van der Waals surface area contributed by atoms with Gasteiger partial charge in [0.05, 0.1) is 4.90 Å². The van der Waals surface area contributed by atoms with Crippen molar-refractivity contribution < 1.29 is 13.2 Å². The SMILES string of the molecule is Cc1ccc(S(=O)(=O)N2CCCC2)cc1C(=O)N1CCN(Cc2cccc3ccccc23)CC1. The molecule has 5 rings (SSSR count). The summed E-state index contributed by atoms with van der Waals surface area (Å²) < 4.78 is 27.5. The van der Waals surface area contributed by atoms with Crippen molar-refractivity contribution in [3.8, 4) is 0 Å². The Hall–Kier alpha value is -2.74. The number of aryl methyl sites for hydroxylation is 1. The van der Waals surface area contributed by atoms with Gasteiger partial charge in [-0.2, -0.15) is 4.31 Å². The Morgan fingerprint density at radius 1 is 0.853 bits per heavy atom. The van der Waals surface area contributed by atoms with Gasteiger partial charge in [-0.15, -0.1) is 0 Å². The first-order valence-electron chi connectivity index (χ1n) is 12.0. The quantitative estimate of drug-likeness (QED) is 0.559. The highest BCUT2D eigenvalue weighted by Gasteiger charge is 2.29. The number of piperazine rings is 1. The molecule has 3 aromatic rings. The molecule has 2 aliphatic heterocycles. The van der Waals surface area contributed by atoms with Crippen molar-refractivity contribution in [3.05, 3.63) is 77.4 Å². The Morgan fingerprint density at radius 2 is 1.56 bits per heavy atom. The Bertz CT molecular complexity index is 1300. The van der Waals surface area contributed by atoms with Gasteiger partial charge in [-0.25, -0.2) is 8.42 Å². The number of carbonyl (C=O) groups excluding carboxylic acids is 1. The van der Waals surface area contributed by atoms with Gasteiger partial charge in [0.2, 0.25) is 10.0 Å². The Balaban J connectivity index is 1.28. The van der Waals surface area contributed by atoms with E-state index in [0.717, 1.165) is 38.0 Å². The number of carbonyl (C=O) groups is 1. The van der Waals surface area contributed by atoms with Crippen LogP contribution < -0.4 is 0 Å². The molecule has 2 fully saturated rings. The molecule has 34 heavy (non-hydrogen) atoms. The summed E-state index contributed by atoms with van der Waals surface area (Å²) >= 11 is 0. The first kappa shape index (κ1) is 23.0. The fourth-order valence-corrected chi connectivity index (χ4v) is 6.56. The molecule has 6 nitrogen and oxygen atoms in total. The number of hydrogen-bond acceptors (Lipinski definition) is 4. The molecule has 0 radical (unpaired) electrons. The molecule has 0 unspecified atom stereocenters. The third-order valence-corrected chi connectivity index (χ3v) is 8.97. The predicted octanol–water partition coefficient (Wildman–Crippen LogP) is 3.89. The van der Waals surface area contributed by atoms with Crippen molar-refractivity contribution in [1.29, 1.82) is 0 Å². The van der Waals surface area contributed by atoms with E-state index in [1.165, 1.54) is 20.6 Å². The first-order valence-corrected chi connectivity index (χ1v) is 13.5. The molecule has 0 aromatic heterocycles. The van der Waals surface area contributed by atoms with E-state index >= 15 is 0 Å². The van der Waals surface area contributed by atoms with Crippen molar-refractivity contribution in [3.63, 3.8) is 0 Å². The van der Waals surface area contributed by atoms with Crippen molar-refractivity contribution in [2.75, 3.05) is 39.3 Å². The van der Waals surface area contributed by atoms with Gasteiger partial charge in [-0.3, -0.25) is 9.69 Å². The van der Waals surface area contributed by atoms with Crippen LogP contribution in [0.25, 0.3) is 10.8 Å². The summed E-state index contributed by atoms with van der Waals surface area (Å²) in [5, 5.41) is 2.52. The average Bonchev–Trinajstić information content (AvgIpc) is 3.41. The molecule has 7 heteroatoms. The van der Waals surface area contributed by atoms with Gasteiger partial charge >= 0.3 is 0 Å². The summed E-state index contributed by atoms with van der Waals surface area (Å²) in [6, 6.07) is 19.8. The normalized spacial score (nSPS) is 18.0. The van der Waals surface area contributed by atoms with Crippen LogP contribution in [0.1, 0.15) is 34.3 Å². The maximum atomic E-state index is 13.4. The molecule has 178 valence electrons. The molecule has 0 spiro atoms.